The van der Waals surface area contributed by atoms with Gasteiger partial charge in [0.1, 0.15) is 0 Å². The molecule has 0 bridgehead atoms. The van der Waals surface area contributed by atoms with Gasteiger partial charge in [-0.25, -0.2) is 8.42 Å². The molecule has 3 rings (SSSR count). The van der Waals surface area contributed by atoms with Crippen molar-refractivity contribution in [3.63, 3.8) is 0 Å². The molecule has 2 aromatic rings. The van der Waals surface area contributed by atoms with Gasteiger partial charge in [-0.05, 0) is 38.1 Å². The Morgan fingerprint density at radius 2 is 1.66 bits per heavy atom. The van der Waals surface area contributed by atoms with Crippen LogP contribution in [0.1, 0.15) is 35.3 Å². The van der Waals surface area contributed by atoms with Gasteiger partial charge in [-0.2, -0.15) is 4.31 Å². The average molecular weight is 458 g/mol. The minimum absolute atomic E-state index is 0.0161. The van der Waals surface area contributed by atoms with E-state index in [2.05, 4.69) is 30.0 Å². The van der Waals surface area contributed by atoms with E-state index in [-0.39, 0.29) is 29.7 Å². The second kappa shape index (κ2) is 10.4. The van der Waals surface area contributed by atoms with Crippen LogP contribution in [0.5, 0.6) is 0 Å². The molecule has 1 amide bonds. The van der Waals surface area contributed by atoms with Crippen LogP contribution in [-0.2, 0) is 21.4 Å². The first-order chi connectivity index (χ1) is 15.2. The Kier molecular flexibility index (Phi) is 7.82. The highest BCUT2D eigenvalue weighted by molar-refractivity contribution is 7.89. The summed E-state index contributed by atoms with van der Waals surface area (Å²) in [5, 5.41) is 0. The molecule has 1 aliphatic heterocycles. The Bertz CT molecular complexity index is 1060. The lowest BCUT2D eigenvalue weighted by atomic mass is 10.1. The normalized spacial score (nSPS) is 15.2. The summed E-state index contributed by atoms with van der Waals surface area (Å²) in [4.78, 5) is 28.3. The smallest absolute Gasteiger partial charge is 0.243 e. The number of sulfonamides is 1. The van der Waals surface area contributed by atoms with Crippen molar-refractivity contribution in [1.82, 2.24) is 14.1 Å². The van der Waals surface area contributed by atoms with Gasteiger partial charge in [-0.3, -0.25) is 14.5 Å². The number of ketones is 1. The fraction of sp³-hybridized carbons (Fsp3) is 0.417. The maximum Gasteiger partial charge on any atom is 0.243 e. The summed E-state index contributed by atoms with van der Waals surface area (Å²) < 4.78 is 27.3. The van der Waals surface area contributed by atoms with Crippen molar-refractivity contribution >= 4 is 21.7 Å². The summed E-state index contributed by atoms with van der Waals surface area (Å²) >= 11 is 0. The number of carbonyl (C=O) groups excluding carboxylic acids is 2. The summed E-state index contributed by atoms with van der Waals surface area (Å²) in [7, 11) is -3.65. The molecule has 2 aromatic carbocycles. The van der Waals surface area contributed by atoms with Crippen LogP contribution in [0.4, 0.5) is 0 Å². The molecule has 1 saturated heterocycles. The van der Waals surface area contributed by atoms with Gasteiger partial charge in [0, 0.05) is 38.3 Å². The molecule has 7 nitrogen and oxygen atoms in total. The first kappa shape index (κ1) is 24.1. The number of piperazine rings is 1. The van der Waals surface area contributed by atoms with Gasteiger partial charge >= 0.3 is 0 Å². The summed E-state index contributed by atoms with van der Waals surface area (Å²) in [5.41, 5.74) is 2.84. The van der Waals surface area contributed by atoms with E-state index >= 15 is 0 Å². The Hall–Kier alpha value is -2.55. The van der Waals surface area contributed by atoms with Crippen LogP contribution >= 0.6 is 0 Å². The van der Waals surface area contributed by atoms with Crippen LogP contribution < -0.4 is 0 Å². The fourth-order valence-corrected chi connectivity index (χ4v) is 5.25. The van der Waals surface area contributed by atoms with Gasteiger partial charge in [-0.15, -0.1) is 0 Å². The third-order valence-corrected chi connectivity index (χ3v) is 7.70. The summed E-state index contributed by atoms with van der Waals surface area (Å²) in [5.74, 6) is -0.0908. The standard InChI is InChI=1S/C24H31N3O4S/c1-4-25(17-21-7-5-6-19(2)16-21)18-24(29)26-12-14-27(15-13-26)32(30,31)23-10-8-22(9-11-23)20(3)28/h5-11,16H,4,12-15,17-18H2,1-3H3. The average Bonchev–Trinajstić information content (AvgIpc) is 2.78. The molecule has 0 saturated carbocycles. The molecule has 1 aliphatic rings. The molecule has 0 atom stereocenters. The highest BCUT2D eigenvalue weighted by atomic mass is 32.2. The molecule has 0 aliphatic carbocycles. The Morgan fingerprint density at radius 3 is 2.22 bits per heavy atom. The van der Waals surface area contributed by atoms with Gasteiger partial charge in [-0.1, -0.05) is 48.9 Å². The first-order valence-electron chi connectivity index (χ1n) is 10.9. The number of aryl methyl sites for hydroxylation is 1. The summed E-state index contributed by atoms with van der Waals surface area (Å²) in [6, 6.07) is 14.3. The lowest BCUT2D eigenvalue weighted by molar-refractivity contribution is -0.133. The van der Waals surface area contributed by atoms with Crippen molar-refractivity contribution in [2.45, 2.75) is 32.2 Å². The van der Waals surface area contributed by atoms with Crippen LogP contribution in [0.15, 0.2) is 53.4 Å². The molecule has 32 heavy (non-hydrogen) atoms. The summed E-state index contributed by atoms with van der Waals surface area (Å²) in [6.07, 6.45) is 0. The minimum atomic E-state index is -3.65. The molecule has 8 heteroatoms. The van der Waals surface area contributed by atoms with E-state index in [1.165, 1.54) is 46.6 Å². The highest BCUT2D eigenvalue weighted by Gasteiger charge is 2.30. The van der Waals surface area contributed by atoms with Gasteiger partial charge in [0.05, 0.1) is 11.4 Å². The molecular weight excluding hydrogens is 426 g/mol. The number of rotatable bonds is 8. The second-order valence-electron chi connectivity index (χ2n) is 8.16. The third-order valence-electron chi connectivity index (χ3n) is 5.78. The van der Waals surface area contributed by atoms with Crippen molar-refractivity contribution < 1.29 is 18.0 Å². The van der Waals surface area contributed by atoms with E-state index in [0.29, 0.717) is 31.7 Å². The molecule has 1 fully saturated rings. The monoisotopic (exact) mass is 457 g/mol. The van der Waals surface area contributed by atoms with Crippen molar-refractivity contribution in [2.75, 3.05) is 39.3 Å². The summed E-state index contributed by atoms with van der Waals surface area (Å²) in [6.45, 7) is 8.54. The van der Waals surface area contributed by atoms with Crippen LogP contribution in [0, 0.1) is 6.92 Å². The largest absolute Gasteiger partial charge is 0.339 e. The topological polar surface area (TPSA) is 78.0 Å². The number of hydrogen-bond acceptors (Lipinski definition) is 5. The molecule has 0 spiro atoms. The van der Waals surface area contributed by atoms with E-state index in [1.807, 2.05) is 13.0 Å². The van der Waals surface area contributed by atoms with E-state index < -0.39 is 10.0 Å². The number of hydrogen-bond donors (Lipinski definition) is 0. The predicted octanol–water partition coefficient (Wildman–Crippen LogP) is 2.55. The van der Waals surface area contributed by atoms with E-state index in [4.69, 9.17) is 0 Å². The molecule has 172 valence electrons. The number of likely N-dealkylation sites (N-methyl/N-ethyl adjacent to an activating group) is 1. The van der Waals surface area contributed by atoms with Crippen LogP contribution in [-0.4, -0.2) is 73.5 Å². The lowest BCUT2D eigenvalue weighted by Crippen LogP contribution is -2.52. The molecular formula is C24H31N3O4S. The van der Waals surface area contributed by atoms with Crippen molar-refractivity contribution in [2.24, 2.45) is 0 Å². The Balaban J connectivity index is 1.57. The van der Waals surface area contributed by atoms with Gasteiger partial charge in [0.15, 0.2) is 5.78 Å². The SMILES string of the molecule is CCN(CC(=O)N1CCN(S(=O)(=O)c2ccc(C(C)=O)cc2)CC1)Cc1cccc(C)c1. The zero-order valence-electron chi connectivity index (χ0n) is 19.0. The Morgan fingerprint density at radius 1 is 1.00 bits per heavy atom. The maximum atomic E-state index is 12.9. The zero-order chi connectivity index (χ0) is 23.3. The molecule has 0 radical (unpaired) electrons. The number of Topliss-reactive ketones (excluding diaryl/α,β-unsaturated/α-hetero) is 1. The van der Waals surface area contributed by atoms with Crippen molar-refractivity contribution in [3.05, 3.63) is 65.2 Å². The maximum absolute atomic E-state index is 12.9. The highest BCUT2D eigenvalue weighted by Crippen LogP contribution is 2.19. The zero-order valence-corrected chi connectivity index (χ0v) is 19.8. The number of benzene rings is 2. The van der Waals surface area contributed by atoms with Crippen molar-refractivity contribution in [3.8, 4) is 0 Å². The number of amides is 1. The van der Waals surface area contributed by atoms with Crippen molar-refractivity contribution in [1.29, 1.82) is 0 Å². The second-order valence-corrected chi connectivity index (χ2v) is 10.1. The molecule has 0 aromatic heterocycles. The number of carbonyl (C=O) groups is 2. The first-order valence-corrected chi connectivity index (χ1v) is 12.3. The Labute approximate surface area is 190 Å². The molecule has 1 heterocycles. The lowest BCUT2D eigenvalue weighted by Gasteiger charge is -2.35. The van der Waals surface area contributed by atoms with Gasteiger partial charge < -0.3 is 4.90 Å². The molecule has 0 N–H and O–H groups in total. The number of nitrogens with zero attached hydrogens (tertiary/aromatic N) is 3. The van der Waals surface area contributed by atoms with Crippen LogP contribution in [0.2, 0.25) is 0 Å². The van der Waals surface area contributed by atoms with Crippen LogP contribution in [0.3, 0.4) is 0 Å². The quantitative estimate of drug-likeness (QED) is 0.570. The van der Waals surface area contributed by atoms with E-state index in [0.717, 1.165) is 6.54 Å². The third kappa shape index (κ3) is 5.82. The van der Waals surface area contributed by atoms with Gasteiger partial charge in [0.2, 0.25) is 15.9 Å². The minimum Gasteiger partial charge on any atom is -0.339 e. The predicted molar refractivity (Wildman–Crippen MR) is 124 cm³/mol. The van der Waals surface area contributed by atoms with E-state index in [9.17, 15) is 18.0 Å². The fourth-order valence-electron chi connectivity index (χ4n) is 3.83. The van der Waals surface area contributed by atoms with Gasteiger partial charge in [0.25, 0.3) is 0 Å². The molecule has 0 unspecified atom stereocenters. The van der Waals surface area contributed by atoms with E-state index in [1.54, 1.807) is 4.90 Å². The van der Waals surface area contributed by atoms with Crippen LogP contribution in [0.25, 0.3) is 0 Å².